The number of hydrogen-bond acceptors (Lipinski definition) is 5. The Bertz CT molecular complexity index is 769. The summed E-state index contributed by atoms with van der Waals surface area (Å²) in [6, 6.07) is 0. The molecule has 0 heterocycles. The molecule has 0 aromatic heterocycles. The van der Waals surface area contributed by atoms with Crippen molar-refractivity contribution in [2.75, 3.05) is 0 Å². The Morgan fingerprint density at radius 1 is 1.11 bits per heavy atom. The van der Waals surface area contributed by atoms with E-state index in [4.69, 9.17) is 4.74 Å². The summed E-state index contributed by atoms with van der Waals surface area (Å²) in [5, 5.41) is 11.2. The lowest BCUT2D eigenvalue weighted by Gasteiger charge is -2.60. The summed E-state index contributed by atoms with van der Waals surface area (Å²) in [6.07, 6.45) is 6.23. The van der Waals surface area contributed by atoms with Crippen molar-refractivity contribution < 1.29 is 24.2 Å². The monoisotopic (exact) mass is 388 g/mol. The van der Waals surface area contributed by atoms with Crippen LogP contribution in [0.3, 0.4) is 0 Å². The Morgan fingerprint density at radius 3 is 2.43 bits per heavy atom. The van der Waals surface area contributed by atoms with Gasteiger partial charge in [0.15, 0.2) is 17.2 Å². The molecule has 154 valence electrons. The molecule has 0 aromatic rings. The largest absolute Gasteiger partial charge is 0.451 e. The van der Waals surface area contributed by atoms with Crippen molar-refractivity contribution in [2.24, 2.45) is 28.6 Å². The summed E-state index contributed by atoms with van der Waals surface area (Å²) in [6.45, 7) is 7.27. The van der Waals surface area contributed by atoms with E-state index in [1.165, 1.54) is 13.8 Å². The van der Waals surface area contributed by atoms with Crippen LogP contribution in [0.4, 0.5) is 0 Å². The first-order valence-corrected chi connectivity index (χ1v) is 10.7. The van der Waals surface area contributed by atoms with Crippen molar-refractivity contribution in [3.63, 3.8) is 0 Å². The quantitative estimate of drug-likeness (QED) is 0.734. The van der Waals surface area contributed by atoms with Crippen molar-refractivity contribution in [3.8, 4) is 0 Å². The maximum absolute atomic E-state index is 12.7. The fraction of sp³-hybridized carbons (Fsp3) is 0.783. The molecule has 4 rings (SSSR count). The van der Waals surface area contributed by atoms with Crippen LogP contribution >= 0.6 is 0 Å². The molecule has 0 spiro atoms. The molecule has 7 atom stereocenters. The normalized spacial score (nSPS) is 47.5. The van der Waals surface area contributed by atoms with Gasteiger partial charge in [-0.25, -0.2) is 0 Å². The van der Waals surface area contributed by atoms with Gasteiger partial charge in [-0.3, -0.25) is 14.4 Å². The van der Waals surface area contributed by atoms with Crippen LogP contribution in [-0.4, -0.2) is 34.3 Å². The van der Waals surface area contributed by atoms with Crippen LogP contribution in [-0.2, 0) is 19.1 Å². The third-order valence-electron chi connectivity index (χ3n) is 8.99. The second-order valence-electron chi connectivity index (χ2n) is 10.1. The van der Waals surface area contributed by atoms with Crippen LogP contribution in [0.5, 0.6) is 0 Å². The van der Waals surface area contributed by atoms with Gasteiger partial charge in [-0.15, -0.1) is 0 Å². The molecule has 0 amide bonds. The predicted octanol–water partition coefficient (Wildman–Crippen LogP) is 3.38. The number of carbonyl (C=O) groups excluding carboxylic acids is 3. The number of aliphatic hydroxyl groups excluding tert-OH is 1. The lowest BCUT2D eigenvalue weighted by Crippen LogP contribution is -2.60. The van der Waals surface area contributed by atoms with Crippen LogP contribution in [0.25, 0.3) is 0 Å². The SMILES string of the molecule is CC(=O)O[C@]1(C(C)=O)CC[C@H]2[C@@H]3[C@H](O)CC4=CC(=O)CC[C@]4(C)[C@H]3CC[C@@]21C. The van der Waals surface area contributed by atoms with E-state index in [1.54, 1.807) is 6.08 Å². The van der Waals surface area contributed by atoms with E-state index in [0.717, 1.165) is 31.3 Å². The minimum absolute atomic E-state index is 0.0535. The highest BCUT2D eigenvalue weighted by molar-refractivity contribution is 5.91. The first-order valence-electron chi connectivity index (χ1n) is 10.7. The second kappa shape index (κ2) is 6.25. The van der Waals surface area contributed by atoms with Crippen molar-refractivity contribution in [2.45, 2.75) is 84.3 Å². The number of carbonyl (C=O) groups is 3. The van der Waals surface area contributed by atoms with E-state index < -0.39 is 23.1 Å². The fourth-order valence-corrected chi connectivity index (χ4v) is 7.59. The maximum Gasteiger partial charge on any atom is 0.303 e. The number of ketones is 2. The summed E-state index contributed by atoms with van der Waals surface area (Å²) >= 11 is 0. The van der Waals surface area contributed by atoms with Crippen molar-refractivity contribution in [1.82, 2.24) is 0 Å². The number of ether oxygens (including phenoxy) is 1. The lowest BCUT2D eigenvalue weighted by molar-refractivity contribution is -0.191. The van der Waals surface area contributed by atoms with Crippen LogP contribution in [0.1, 0.15) is 72.6 Å². The first kappa shape index (κ1) is 19.8. The van der Waals surface area contributed by atoms with Crippen molar-refractivity contribution in [1.29, 1.82) is 0 Å². The van der Waals surface area contributed by atoms with Gasteiger partial charge in [-0.05, 0) is 74.7 Å². The van der Waals surface area contributed by atoms with Gasteiger partial charge in [-0.1, -0.05) is 19.4 Å². The van der Waals surface area contributed by atoms with Gasteiger partial charge in [0.1, 0.15) is 0 Å². The average Bonchev–Trinajstić information content (AvgIpc) is 2.90. The summed E-state index contributed by atoms with van der Waals surface area (Å²) in [5.41, 5.74) is -0.471. The molecule has 0 unspecified atom stereocenters. The van der Waals surface area contributed by atoms with Gasteiger partial charge in [0.05, 0.1) is 6.10 Å². The number of hydrogen-bond donors (Lipinski definition) is 1. The first-order chi connectivity index (χ1) is 13.0. The minimum atomic E-state index is -1.08. The molecule has 0 radical (unpaired) electrons. The molecule has 0 bridgehead atoms. The molecule has 1 N–H and O–H groups in total. The molecule has 4 aliphatic rings. The van der Waals surface area contributed by atoms with Gasteiger partial charge in [0, 0.05) is 18.8 Å². The molecule has 3 saturated carbocycles. The maximum atomic E-state index is 12.7. The topological polar surface area (TPSA) is 80.7 Å². The smallest absolute Gasteiger partial charge is 0.303 e. The third-order valence-corrected chi connectivity index (χ3v) is 8.99. The van der Waals surface area contributed by atoms with Crippen molar-refractivity contribution in [3.05, 3.63) is 11.6 Å². The van der Waals surface area contributed by atoms with E-state index >= 15 is 0 Å². The summed E-state index contributed by atoms with van der Waals surface area (Å²) in [5.74, 6) is 0.197. The van der Waals surface area contributed by atoms with E-state index in [0.29, 0.717) is 25.2 Å². The minimum Gasteiger partial charge on any atom is -0.451 e. The second-order valence-corrected chi connectivity index (χ2v) is 10.1. The standard InChI is InChI=1S/C23H32O5/c1-13(24)23(28-14(2)25)10-7-18-20-17(6-9-22(18,23)4)21(3)8-5-16(26)11-15(21)12-19(20)27/h11,17-20,27H,5-10,12H2,1-4H3/t17-,18-,19+,20+,21-,22-,23-/m0/s1. The zero-order chi connectivity index (χ0) is 20.5. The highest BCUT2D eigenvalue weighted by atomic mass is 16.6. The molecule has 0 aliphatic heterocycles. The van der Waals surface area contributed by atoms with Gasteiger partial charge in [0.2, 0.25) is 0 Å². The molecular weight excluding hydrogens is 356 g/mol. The van der Waals surface area contributed by atoms with E-state index in [-0.39, 0.29) is 28.8 Å². The Kier molecular flexibility index (Phi) is 4.42. The Labute approximate surface area is 166 Å². The Balaban J connectivity index is 1.75. The summed E-state index contributed by atoms with van der Waals surface area (Å²) < 4.78 is 5.77. The Hall–Kier alpha value is -1.49. The highest BCUT2D eigenvalue weighted by Crippen LogP contribution is 2.68. The molecule has 28 heavy (non-hydrogen) atoms. The van der Waals surface area contributed by atoms with E-state index in [1.807, 2.05) is 0 Å². The van der Waals surface area contributed by atoms with Crippen LogP contribution in [0, 0.1) is 28.6 Å². The van der Waals surface area contributed by atoms with Gasteiger partial charge < -0.3 is 9.84 Å². The van der Waals surface area contributed by atoms with Gasteiger partial charge in [-0.2, -0.15) is 0 Å². The molecule has 0 saturated heterocycles. The van der Waals surface area contributed by atoms with Crippen LogP contribution < -0.4 is 0 Å². The number of Topliss-reactive ketones (excluding diaryl/α,β-unsaturated/α-hetero) is 1. The number of fused-ring (bicyclic) bond motifs is 5. The molecule has 5 nitrogen and oxygen atoms in total. The summed E-state index contributed by atoms with van der Waals surface area (Å²) in [4.78, 5) is 36.6. The molecule has 5 heteroatoms. The number of rotatable bonds is 2. The molecule has 3 fully saturated rings. The third kappa shape index (κ3) is 2.44. The van der Waals surface area contributed by atoms with Gasteiger partial charge in [0.25, 0.3) is 0 Å². The number of aliphatic hydroxyl groups is 1. The van der Waals surface area contributed by atoms with Crippen molar-refractivity contribution >= 4 is 17.5 Å². The van der Waals surface area contributed by atoms with E-state index in [9.17, 15) is 19.5 Å². The fourth-order valence-electron chi connectivity index (χ4n) is 7.59. The van der Waals surface area contributed by atoms with Crippen LogP contribution in [0.2, 0.25) is 0 Å². The Morgan fingerprint density at radius 2 is 1.79 bits per heavy atom. The molecular formula is C23H32O5. The highest BCUT2D eigenvalue weighted by Gasteiger charge is 2.69. The lowest BCUT2D eigenvalue weighted by atomic mass is 9.45. The van der Waals surface area contributed by atoms with Crippen LogP contribution in [0.15, 0.2) is 11.6 Å². The summed E-state index contributed by atoms with van der Waals surface area (Å²) in [7, 11) is 0. The zero-order valence-corrected chi connectivity index (χ0v) is 17.4. The molecule has 0 aromatic carbocycles. The zero-order valence-electron chi connectivity index (χ0n) is 17.4. The average molecular weight is 389 g/mol. The molecule has 4 aliphatic carbocycles. The van der Waals surface area contributed by atoms with E-state index in [2.05, 4.69) is 13.8 Å². The van der Waals surface area contributed by atoms with Gasteiger partial charge >= 0.3 is 5.97 Å². The predicted molar refractivity (Wildman–Crippen MR) is 103 cm³/mol. The number of esters is 1.